The molecule has 4 rings (SSSR count). The van der Waals surface area contributed by atoms with Gasteiger partial charge >= 0.3 is 0 Å². The fraction of sp³-hybridized carbons (Fsp3) is 0.259. The minimum absolute atomic E-state index is 0.0932. The smallest absolute Gasteiger partial charge is 0.242 e. The Morgan fingerprint density at radius 2 is 1.50 bits per heavy atom. The largest absolute Gasteiger partial charge is 0.354 e. The quantitative estimate of drug-likeness (QED) is 0.567. The maximum atomic E-state index is 14.2. The van der Waals surface area contributed by atoms with Crippen molar-refractivity contribution in [3.63, 3.8) is 0 Å². The molecule has 1 fully saturated rings. The van der Waals surface area contributed by atoms with Crippen molar-refractivity contribution in [3.05, 3.63) is 107 Å². The maximum Gasteiger partial charge on any atom is 0.242 e. The summed E-state index contributed by atoms with van der Waals surface area (Å²) in [6, 6.07) is 26.5. The Bertz CT molecular complexity index is 1020. The highest BCUT2D eigenvalue weighted by Crippen LogP contribution is 2.30. The van der Waals surface area contributed by atoms with E-state index in [9.17, 15) is 9.59 Å². The van der Waals surface area contributed by atoms with Gasteiger partial charge in [0.2, 0.25) is 11.8 Å². The molecule has 1 atom stereocenters. The lowest BCUT2D eigenvalue weighted by Crippen LogP contribution is -2.49. The Morgan fingerprint density at radius 3 is 2.12 bits per heavy atom. The van der Waals surface area contributed by atoms with E-state index in [-0.39, 0.29) is 18.4 Å². The van der Waals surface area contributed by atoms with Crippen molar-refractivity contribution in [1.82, 2.24) is 10.2 Å². The predicted molar refractivity (Wildman–Crippen MR) is 127 cm³/mol. The number of carbonyl (C=O) groups excluding carboxylic acids is 2. The molecular weight excluding hydrogens is 420 g/mol. The Balaban J connectivity index is 1.77. The van der Waals surface area contributed by atoms with Crippen LogP contribution in [0.1, 0.15) is 41.9 Å². The van der Waals surface area contributed by atoms with E-state index in [0.717, 1.165) is 29.5 Å². The number of nitrogens with one attached hydrogen (secondary N) is 1. The highest BCUT2D eigenvalue weighted by Gasteiger charge is 2.36. The minimum Gasteiger partial charge on any atom is -0.354 e. The standard InChI is InChI=1S/C27H27ClN2O2/c28-23-16-8-7-15-22(23)19-30(24-17-9-10-18-29-26(24)31)27(32)25(20-11-3-1-4-12-20)21-13-5-2-6-14-21/h1-8,11-16,24-25H,9-10,17-19H2,(H,29,31). The molecule has 1 aliphatic rings. The van der Waals surface area contributed by atoms with Gasteiger partial charge in [-0.15, -0.1) is 0 Å². The van der Waals surface area contributed by atoms with E-state index in [1.807, 2.05) is 84.9 Å². The molecule has 1 N–H and O–H groups in total. The maximum absolute atomic E-state index is 14.2. The summed E-state index contributed by atoms with van der Waals surface area (Å²) in [7, 11) is 0. The average molecular weight is 447 g/mol. The number of hydrogen-bond acceptors (Lipinski definition) is 2. The molecule has 0 radical (unpaired) electrons. The molecule has 4 nitrogen and oxygen atoms in total. The van der Waals surface area contributed by atoms with Crippen LogP contribution in [0.15, 0.2) is 84.9 Å². The molecule has 1 aliphatic heterocycles. The van der Waals surface area contributed by atoms with Crippen molar-refractivity contribution in [2.75, 3.05) is 6.54 Å². The number of hydrogen-bond donors (Lipinski definition) is 1. The van der Waals surface area contributed by atoms with Crippen molar-refractivity contribution in [1.29, 1.82) is 0 Å². The molecule has 0 bridgehead atoms. The number of amides is 2. The molecule has 1 saturated heterocycles. The topological polar surface area (TPSA) is 49.4 Å². The molecule has 2 amide bonds. The monoisotopic (exact) mass is 446 g/mol. The third-order valence-electron chi connectivity index (χ3n) is 5.98. The Morgan fingerprint density at radius 1 is 0.906 bits per heavy atom. The molecule has 1 heterocycles. The van der Waals surface area contributed by atoms with Gasteiger partial charge in [0.05, 0.1) is 5.92 Å². The van der Waals surface area contributed by atoms with Crippen LogP contribution >= 0.6 is 11.6 Å². The molecule has 0 saturated carbocycles. The first-order valence-electron chi connectivity index (χ1n) is 11.1. The zero-order chi connectivity index (χ0) is 22.3. The van der Waals surface area contributed by atoms with Gasteiger partial charge in [-0.3, -0.25) is 9.59 Å². The van der Waals surface area contributed by atoms with Gasteiger partial charge in [-0.05, 0) is 42.0 Å². The summed E-state index contributed by atoms with van der Waals surface area (Å²) in [6.07, 6.45) is 2.44. The van der Waals surface area contributed by atoms with E-state index in [2.05, 4.69) is 5.32 Å². The number of nitrogens with zero attached hydrogens (tertiary/aromatic N) is 1. The second-order valence-electron chi connectivity index (χ2n) is 8.11. The van der Waals surface area contributed by atoms with Crippen LogP contribution in [0.25, 0.3) is 0 Å². The Kier molecular flexibility index (Phi) is 7.23. The predicted octanol–water partition coefficient (Wildman–Crippen LogP) is 5.17. The van der Waals surface area contributed by atoms with E-state index in [0.29, 0.717) is 18.0 Å². The lowest BCUT2D eigenvalue weighted by Gasteiger charge is -2.34. The summed E-state index contributed by atoms with van der Waals surface area (Å²) in [5, 5.41) is 3.58. The second-order valence-corrected chi connectivity index (χ2v) is 8.52. The van der Waals surface area contributed by atoms with Crippen LogP contribution in [-0.4, -0.2) is 29.3 Å². The lowest BCUT2D eigenvalue weighted by molar-refractivity contribution is -0.141. The third-order valence-corrected chi connectivity index (χ3v) is 6.35. The molecule has 0 aliphatic carbocycles. The number of rotatable bonds is 6. The SMILES string of the molecule is O=C1NCCCCC1N(Cc1ccccc1Cl)C(=O)C(c1ccccc1)c1ccccc1. The highest BCUT2D eigenvalue weighted by atomic mass is 35.5. The van der Waals surface area contributed by atoms with Crippen LogP contribution < -0.4 is 5.32 Å². The van der Waals surface area contributed by atoms with Gasteiger partial charge in [-0.1, -0.05) is 90.5 Å². The fourth-order valence-corrected chi connectivity index (χ4v) is 4.50. The zero-order valence-electron chi connectivity index (χ0n) is 17.9. The van der Waals surface area contributed by atoms with E-state index >= 15 is 0 Å². The van der Waals surface area contributed by atoms with Crippen molar-refractivity contribution >= 4 is 23.4 Å². The summed E-state index contributed by atoms with van der Waals surface area (Å²) in [6.45, 7) is 0.928. The van der Waals surface area contributed by atoms with Crippen molar-refractivity contribution in [2.24, 2.45) is 0 Å². The van der Waals surface area contributed by atoms with Gasteiger partial charge in [-0.2, -0.15) is 0 Å². The van der Waals surface area contributed by atoms with Crippen LogP contribution in [0.4, 0.5) is 0 Å². The molecule has 164 valence electrons. The molecule has 0 aromatic heterocycles. The normalized spacial score (nSPS) is 16.3. The van der Waals surface area contributed by atoms with Gasteiger partial charge < -0.3 is 10.2 Å². The van der Waals surface area contributed by atoms with Gasteiger partial charge in [0.25, 0.3) is 0 Å². The van der Waals surface area contributed by atoms with Crippen LogP contribution in [0, 0.1) is 0 Å². The van der Waals surface area contributed by atoms with Gasteiger partial charge in [-0.25, -0.2) is 0 Å². The third kappa shape index (κ3) is 5.03. The first kappa shape index (κ1) is 22.1. The lowest BCUT2D eigenvalue weighted by atomic mass is 9.89. The fourth-order valence-electron chi connectivity index (χ4n) is 4.31. The number of halogens is 1. The second kappa shape index (κ2) is 10.5. The minimum atomic E-state index is -0.531. The Labute approximate surface area is 194 Å². The summed E-state index contributed by atoms with van der Waals surface area (Å²) < 4.78 is 0. The molecule has 3 aromatic rings. The molecule has 0 spiro atoms. The molecule has 1 unspecified atom stereocenters. The van der Waals surface area contributed by atoms with E-state index in [4.69, 9.17) is 11.6 Å². The average Bonchev–Trinajstić information content (AvgIpc) is 3.04. The van der Waals surface area contributed by atoms with Crippen LogP contribution in [-0.2, 0) is 16.1 Å². The van der Waals surface area contributed by atoms with Crippen LogP contribution in [0.2, 0.25) is 5.02 Å². The molecule has 32 heavy (non-hydrogen) atoms. The van der Waals surface area contributed by atoms with Crippen molar-refractivity contribution in [3.8, 4) is 0 Å². The Hall–Kier alpha value is -3.11. The van der Waals surface area contributed by atoms with E-state index in [1.165, 1.54) is 0 Å². The first-order valence-corrected chi connectivity index (χ1v) is 11.4. The number of carbonyl (C=O) groups is 2. The zero-order valence-corrected chi connectivity index (χ0v) is 18.7. The summed E-state index contributed by atoms with van der Waals surface area (Å²) in [5.41, 5.74) is 2.64. The number of benzene rings is 3. The first-order chi connectivity index (χ1) is 15.6. The van der Waals surface area contributed by atoms with Gasteiger partial charge in [0.1, 0.15) is 6.04 Å². The van der Waals surface area contributed by atoms with Gasteiger partial charge in [0.15, 0.2) is 0 Å². The highest BCUT2D eigenvalue weighted by molar-refractivity contribution is 6.31. The summed E-state index contributed by atoms with van der Waals surface area (Å²) >= 11 is 6.46. The van der Waals surface area contributed by atoms with Crippen molar-refractivity contribution < 1.29 is 9.59 Å². The van der Waals surface area contributed by atoms with E-state index < -0.39 is 12.0 Å². The molecule has 5 heteroatoms. The summed E-state index contributed by atoms with van der Waals surface area (Å²) in [4.78, 5) is 28.9. The molecular formula is C27H27ClN2O2. The van der Waals surface area contributed by atoms with Crippen LogP contribution in [0.3, 0.4) is 0 Å². The van der Waals surface area contributed by atoms with Gasteiger partial charge in [0, 0.05) is 18.1 Å². The van der Waals surface area contributed by atoms with Crippen LogP contribution in [0.5, 0.6) is 0 Å². The van der Waals surface area contributed by atoms with Crippen molar-refractivity contribution in [2.45, 2.75) is 37.8 Å². The summed E-state index contributed by atoms with van der Waals surface area (Å²) in [5.74, 6) is -0.692. The van der Waals surface area contributed by atoms with E-state index in [1.54, 1.807) is 4.90 Å². The molecule has 3 aromatic carbocycles.